The Kier molecular flexibility index (Phi) is 5.50. The van der Waals surface area contributed by atoms with E-state index in [0.29, 0.717) is 18.9 Å². The van der Waals surface area contributed by atoms with Gasteiger partial charge in [0.25, 0.3) is 0 Å². The average molecular weight is 325 g/mol. The molecule has 2 heterocycles. The highest BCUT2D eigenvalue weighted by Gasteiger charge is 2.34. The Morgan fingerprint density at radius 3 is 2.86 bits per heavy atom. The van der Waals surface area contributed by atoms with Crippen LogP contribution in [0.5, 0.6) is 0 Å². The first kappa shape index (κ1) is 17.3. The van der Waals surface area contributed by atoms with Crippen LogP contribution < -0.4 is 0 Å². The van der Waals surface area contributed by atoms with Crippen LogP contribution in [0.3, 0.4) is 0 Å². The van der Waals surface area contributed by atoms with Crippen molar-refractivity contribution >= 4 is 17.4 Å². The molecule has 0 aliphatic carbocycles. The highest BCUT2D eigenvalue weighted by atomic mass is 32.1. The van der Waals surface area contributed by atoms with Crippen LogP contribution in [-0.2, 0) is 4.74 Å². The molecule has 1 saturated heterocycles. The van der Waals surface area contributed by atoms with Crippen molar-refractivity contribution in [3.63, 3.8) is 0 Å². The first-order valence-corrected chi connectivity index (χ1v) is 8.85. The Balaban J connectivity index is 2.05. The maximum atomic E-state index is 12.4. The predicted octanol–water partition coefficient (Wildman–Crippen LogP) is 4.21. The molecule has 0 saturated carbocycles. The number of aliphatic hydroxyl groups is 1. The van der Waals surface area contributed by atoms with E-state index in [1.165, 1.54) is 0 Å². The van der Waals surface area contributed by atoms with Crippen molar-refractivity contribution in [2.75, 3.05) is 6.54 Å². The third-order valence-corrected chi connectivity index (χ3v) is 4.95. The molecule has 0 spiro atoms. The summed E-state index contributed by atoms with van der Waals surface area (Å²) in [6.07, 6.45) is 1.71. The van der Waals surface area contributed by atoms with E-state index in [9.17, 15) is 9.90 Å². The number of thiophene rings is 1. The summed E-state index contributed by atoms with van der Waals surface area (Å²) in [4.78, 5) is 15.2. The molecule has 3 atom stereocenters. The molecule has 3 unspecified atom stereocenters. The van der Waals surface area contributed by atoms with Crippen molar-refractivity contribution in [3.8, 4) is 0 Å². The number of carbonyl (C=O) groups is 1. The smallest absolute Gasteiger partial charge is 0.410 e. The largest absolute Gasteiger partial charge is 0.444 e. The lowest BCUT2D eigenvalue weighted by Crippen LogP contribution is -2.48. The molecule has 1 aliphatic heterocycles. The number of rotatable bonds is 3. The minimum Gasteiger partial charge on any atom is -0.444 e. The van der Waals surface area contributed by atoms with E-state index < -0.39 is 11.7 Å². The molecule has 124 valence electrons. The molecule has 1 aromatic rings. The van der Waals surface area contributed by atoms with E-state index in [2.05, 4.69) is 6.92 Å². The lowest BCUT2D eigenvalue weighted by Gasteiger charge is -2.39. The number of hydrogen-bond donors (Lipinski definition) is 1. The van der Waals surface area contributed by atoms with Gasteiger partial charge in [0.2, 0.25) is 0 Å². The number of nitrogens with zero attached hydrogens (tertiary/aromatic N) is 1. The van der Waals surface area contributed by atoms with E-state index in [4.69, 9.17) is 4.74 Å². The Morgan fingerprint density at radius 2 is 2.27 bits per heavy atom. The zero-order valence-corrected chi connectivity index (χ0v) is 14.7. The van der Waals surface area contributed by atoms with Gasteiger partial charge in [-0.15, -0.1) is 11.3 Å². The zero-order valence-electron chi connectivity index (χ0n) is 13.9. The molecule has 5 heteroatoms. The second kappa shape index (κ2) is 7.01. The van der Waals surface area contributed by atoms with Crippen LogP contribution in [0.15, 0.2) is 17.5 Å². The van der Waals surface area contributed by atoms with Crippen LogP contribution in [0.2, 0.25) is 0 Å². The fourth-order valence-electron chi connectivity index (χ4n) is 2.89. The van der Waals surface area contributed by atoms with Gasteiger partial charge in [0.1, 0.15) is 5.60 Å². The number of ether oxygens (including phenoxy) is 1. The van der Waals surface area contributed by atoms with Crippen molar-refractivity contribution in [2.24, 2.45) is 5.92 Å². The van der Waals surface area contributed by atoms with Crippen molar-refractivity contribution in [1.82, 2.24) is 4.90 Å². The summed E-state index contributed by atoms with van der Waals surface area (Å²) >= 11 is 1.56. The molecule has 0 bridgehead atoms. The van der Waals surface area contributed by atoms with Gasteiger partial charge in [0.15, 0.2) is 0 Å². The minimum absolute atomic E-state index is 0.0377. The van der Waals surface area contributed by atoms with Crippen molar-refractivity contribution < 1.29 is 14.6 Å². The molecule has 22 heavy (non-hydrogen) atoms. The van der Waals surface area contributed by atoms with Gasteiger partial charge < -0.3 is 14.7 Å². The number of carbonyl (C=O) groups excluding carboxylic acids is 1. The summed E-state index contributed by atoms with van der Waals surface area (Å²) in [5.41, 5.74) is -0.489. The molecule has 1 aliphatic rings. The SMILES string of the molecule is CC1CCN(C(=O)OC(C)(C)C)C(CC(O)c2cccs2)C1. The fraction of sp³-hybridized carbons (Fsp3) is 0.706. The minimum atomic E-state index is -0.514. The van der Waals surface area contributed by atoms with Crippen LogP contribution in [0.25, 0.3) is 0 Å². The molecule has 2 rings (SSSR count). The van der Waals surface area contributed by atoms with Gasteiger partial charge in [-0.2, -0.15) is 0 Å². The number of amides is 1. The Hall–Kier alpha value is -1.07. The second-order valence-electron chi connectivity index (χ2n) is 7.22. The maximum absolute atomic E-state index is 12.4. The zero-order chi connectivity index (χ0) is 16.3. The van der Waals surface area contributed by atoms with Gasteiger partial charge in [-0.3, -0.25) is 0 Å². The summed E-state index contributed by atoms with van der Waals surface area (Å²) < 4.78 is 5.52. The number of piperidine rings is 1. The van der Waals surface area contributed by atoms with Gasteiger partial charge in [-0.05, 0) is 57.4 Å². The first-order chi connectivity index (χ1) is 10.3. The first-order valence-electron chi connectivity index (χ1n) is 7.97. The van der Waals surface area contributed by atoms with Crippen LogP contribution in [0.4, 0.5) is 4.79 Å². The van der Waals surface area contributed by atoms with Gasteiger partial charge in [-0.25, -0.2) is 4.79 Å². The summed E-state index contributed by atoms with van der Waals surface area (Å²) in [6.45, 7) is 8.56. The third kappa shape index (κ3) is 4.71. The quantitative estimate of drug-likeness (QED) is 0.906. The number of likely N-dealkylation sites (tertiary alicyclic amines) is 1. The van der Waals surface area contributed by atoms with Crippen molar-refractivity contribution in [2.45, 2.75) is 64.7 Å². The molecule has 1 aromatic heterocycles. The number of hydrogen-bond acceptors (Lipinski definition) is 4. The lowest BCUT2D eigenvalue weighted by atomic mass is 9.89. The molecule has 1 fully saturated rings. The summed E-state index contributed by atoms with van der Waals surface area (Å²) in [7, 11) is 0. The Bertz CT molecular complexity index is 481. The summed E-state index contributed by atoms with van der Waals surface area (Å²) in [5, 5.41) is 12.4. The van der Waals surface area contributed by atoms with E-state index in [0.717, 1.165) is 17.7 Å². The van der Waals surface area contributed by atoms with Crippen LogP contribution in [0.1, 0.15) is 57.9 Å². The standard InChI is InChI=1S/C17H27NO3S/c1-12-7-8-18(16(20)21-17(2,3)4)13(10-12)11-14(19)15-6-5-9-22-15/h5-6,9,12-14,19H,7-8,10-11H2,1-4H3. The van der Waals surface area contributed by atoms with E-state index in [-0.39, 0.29) is 12.1 Å². The van der Waals surface area contributed by atoms with E-state index in [1.807, 2.05) is 43.2 Å². The lowest BCUT2D eigenvalue weighted by molar-refractivity contribution is -0.00256. The maximum Gasteiger partial charge on any atom is 0.410 e. The van der Waals surface area contributed by atoms with Crippen LogP contribution >= 0.6 is 11.3 Å². The van der Waals surface area contributed by atoms with Gasteiger partial charge in [0, 0.05) is 17.5 Å². The Morgan fingerprint density at radius 1 is 1.55 bits per heavy atom. The molecular weight excluding hydrogens is 298 g/mol. The highest BCUT2D eigenvalue weighted by molar-refractivity contribution is 7.10. The third-order valence-electron chi connectivity index (χ3n) is 3.97. The average Bonchev–Trinajstić information content (AvgIpc) is 2.90. The van der Waals surface area contributed by atoms with Crippen molar-refractivity contribution in [1.29, 1.82) is 0 Å². The Labute approximate surface area is 137 Å². The van der Waals surface area contributed by atoms with Gasteiger partial charge in [-0.1, -0.05) is 13.0 Å². The molecule has 1 N–H and O–H groups in total. The van der Waals surface area contributed by atoms with Gasteiger partial charge in [0.05, 0.1) is 6.10 Å². The van der Waals surface area contributed by atoms with Gasteiger partial charge >= 0.3 is 6.09 Å². The predicted molar refractivity (Wildman–Crippen MR) is 89.0 cm³/mol. The molecule has 1 amide bonds. The van der Waals surface area contributed by atoms with Crippen molar-refractivity contribution in [3.05, 3.63) is 22.4 Å². The van der Waals surface area contributed by atoms with E-state index >= 15 is 0 Å². The normalized spacial score (nSPS) is 24.1. The second-order valence-corrected chi connectivity index (χ2v) is 8.20. The summed E-state index contributed by atoms with van der Waals surface area (Å²) in [6, 6.07) is 3.92. The van der Waals surface area contributed by atoms with Crippen LogP contribution in [0, 0.1) is 5.92 Å². The molecular formula is C17H27NO3S. The molecule has 0 radical (unpaired) electrons. The fourth-order valence-corrected chi connectivity index (χ4v) is 3.62. The topological polar surface area (TPSA) is 49.8 Å². The monoisotopic (exact) mass is 325 g/mol. The van der Waals surface area contributed by atoms with E-state index in [1.54, 1.807) is 11.3 Å². The van der Waals surface area contributed by atoms with Crippen LogP contribution in [-0.4, -0.2) is 34.3 Å². The number of aliphatic hydroxyl groups excluding tert-OH is 1. The molecule has 4 nitrogen and oxygen atoms in total. The summed E-state index contributed by atoms with van der Waals surface area (Å²) in [5.74, 6) is 0.569. The molecule has 0 aromatic carbocycles. The highest BCUT2D eigenvalue weighted by Crippen LogP contribution is 2.32.